The van der Waals surface area contributed by atoms with E-state index < -0.39 is 18.9 Å². The Morgan fingerprint density at radius 3 is 2.55 bits per heavy atom. The Morgan fingerprint density at radius 1 is 1.26 bits per heavy atom. The van der Waals surface area contributed by atoms with Gasteiger partial charge in [-0.25, -0.2) is 4.99 Å². The minimum Gasteiger partial charge on any atom is -0.408 e. The summed E-state index contributed by atoms with van der Waals surface area (Å²) in [6, 6.07) is 4.55. The molecule has 1 fully saturated rings. The van der Waals surface area contributed by atoms with Crippen LogP contribution in [-0.4, -0.2) is 68.9 Å². The van der Waals surface area contributed by atoms with Gasteiger partial charge < -0.3 is 19.9 Å². The molecule has 1 atom stereocenters. The topological polar surface area (TPSA) is 89.0 Å². The number of carbonyl (C=O) groups excluding carboxylic acids is 2. The van der Waals surface area contributed by atoms with Crippen LogP contribution in [0.25, 0.3) is 0 Å². The standard InChI is InChI=1S/C20H28BCl2N3O4S/c1-13(2)10-18(21-29-8-6-24-7-9-30-21)26-20(28)17(12-31-3)25-19(27)15-11-14(22)4-5-16(15)23/h4-5,11,13,18,24H,6-10,12H2,1-3H3,(H,26,28)/b25-17+/t18-/m0/s1. The Balaban J connectivity index is 2.21. The Labute approximate surface area is 198 Å². The first kappa shape index (κ1) is 26.2. The summed E-state index contributed by atoms with van der Waals surface area (Å²) in [5, 5.41) is 6.75. The van der Waals surface area contributed by atoms with Gasteiger partial charge in [0, 0.05) is 37.1 Å². The number of rotatable bonds is 8. The molecule has 0 aromatic heterocycles. The second-order valence-corrected chi connectivity index (χ2v) is 9.20. The van der Waals surface area contributed by atoms with Crippen LogP contribution in [0.15, 0.2) is 23.2 Å². The summed E-state index contributed by atoms with van der Waals surface area (Å²) in [5.41, 5.74) is 0.258. The molecule has 170 valence electrons. The molecule has 2 rings (SSSR count). The number of hydrogen-bond donors (Lipinski definition) is 2. The first-order valence-electron chi connectivity index (χ1n) is 10.1. The third-order valence-electron chi connectivity index (χ3n) is 4.43. The molecule has 11 heteroatoms. The lowest BCUT2D eigenvalue weighted by Gasteiger charge is -2.27. The number of thioether (sulfide) groups is 1. The van der Waals surface area contributed by atoms with E-state index >= 15 is 0 Å². The maximum atomic E-state index is 13.1. The number of benzene rings is 1. The van der Waals surface area contributed by atoms with E-state index in [0.717, 1.165) is 13.1 Å². The van der Waals surface area contributed by atoms with Crippen LogP contribution in [0.2, 0.25) is 10.0 Å². The third kappa shape index (κ3) is 8.75. The predicted molar refractivity (Wildman–Crippen MR) is 129 cm³/mol. The molecule has 1 saturated heterocycles. The summed E-state index contributed by atoms with van der Waals surface area (Å²) >= 11 is 13.5. The Bertz CT molecular complexity index is 790. The van der Waals surface area contributed by atoms with Crippen LogP contribution in [0.1, 0.15) is 30.6 Å². The zero-order valence-corrected chi connectivity index (χ0v) is 20.3. The molecule has 31 heavy (non-hydrogen) atoms. The minimum atomic E-state index is -0.614. The molecular weight excluding hydrogens is 460 g/mol. The van der Waals surface area contributed by atoms with E-state index in [1.54, 1.807) is 6.07 Å². The van der Waals surface area contributed by atoms with Crippen molar-refractivity contribution in [2.45, 2.75) is 26.2 Å². The zero-order chi connectivity index (χ0) is 22.8. The van der Waals surface area contributed by atoms with Crippen LogP contribution in [0.4, 0.5) is 0 Å². The lowest BCUT2D eigenvalue weighted by atomic mass is 9.73. The first-order valence-corrected chi connectivity index (χ1v) is 12.3. The number of hydrogen-bond acceptors (Lipinski definition) is 6. The maximum Gasteiger partial charge on any atom is 0.480 e. The number of aliphatic imine (C=N–C) groups is 1. The molecule has 1 aromatic rings. The lowest BCUT2D eigenvalue weighted by Crippen LogP contribution is -2.53. The molecule has 1 aliphatic rings. The van der Waals surface area contributed by atoms with Crippen LogP contribution in [0.5, 0.6) is 0 Å². The fourth-order valence-electron chi connectivity index (χ4n) is 3.03. The van der Waals surface area contributed by atoms with Crippen molar-refractivity contribution in [3.8, 4) is 0 Å². The average molecular weight is 488 g/mol. The van der Waals surface area contributed by atoms with Gasteiger partial charge in [0.15, 0.2) is 0 Å². The monoisotopic (exact) mass is 487 g/mol. The number of halogens is 2. The van der Waals surface area contributed by atoms with Gasteiger partial charge in [0.2, 0.25) is 0 Å². The van der Waals surface area contributed by atoms with Gasteiger partial charge in [0.25, 0.3) is 11.8 Å². The van der Waals surface area contributed by atoms with Crippen LogP contribution in [0.3, 0.4) is 0 Å². The highest BCUT2D eigenvalue weighted by molar-refractivity contribution is 7.99. The van der Waals surface area contributed by atoms with E-state index in [-0.39, 0.29) is 28.0 Å². The Kier molecular flexibility index (Phi) is 11.4. The highest BCUT2D eigenvalue weighted by atomic mass is 35.5. The quantitative estimate of drug-likeness (QED) is 0.432. The molecule has 7 nitrogen and oxygen atoms in total. The van der Waals surface area contributed by atoms with E-state index in [1.807, 2.05) is 6.26 Å². The first-order chi connectivity index (χ1) is 14.8. The molecule has 1 aliphatic heterocycles. The highest BCUT2D eigenvalue weighted by Gasteiger charge is 2.34. The van der Waals surface area contributed by atoms with Crippen molar-refractivity contribution in [2.24, 2.45) is 10.9 Å². The van der Waals surface area contributed by atoms with Gasteiger partial charge in [0.05, 0.1) is 16.5 Å². The molecule has 0 radical (unpaired) electrons. The molecule has 0 unspecified atom stereocenters. The number of nitrogens with zero attached hydrogens (tertiary/aromatic N) is 1. The summed E-state index contributed by atoms with van der Waals surface area (Å²) in [4.78, 5) is 29.8. The molecule has 2 amide bonds. The molecular formula is C20H28BCl2N3O4S. The van der Waals surface area contributed by atoms with E-state index in [1.165, 1.54) is 23.9 Å². The van der Waals surface area contributed by atoms with Gasteiger partial charge in [-0.1, -0.05) is 37.0 Å². The van der Waals surface area contributed by atoms with Crippen LogP contribution < -0.4 is 10.6 Å². The molecule has 0 bridgehead atoms. The summed E-state index contributed by atoms with van der Waals surface area (Å²) in [7, 11) is -0.568. The second kappa shape index (κ2) is 13.5. The van der Waals surface area contributed by atoms with Crippen molar-refractivity contribution in [3.63, 3.8) is 0 Å². The van der Waals surface area contributed by atoms with Crippen molar-refractivity contribution in [1.29, 1.82) is 0 Å². The predicted octanol–water partition coefficient (Wildman–Crippen LogP) is 3.13. The van der Waals surface area contributed by atoms with Gasteiger partial charge in [-0.05, 0) is 36.8 Å². The summed E-state index contributed by atoms with van der Waals surface area (Å²) in [6.07, 6.45) is 2.49. The smallest absolute Gasteiger partial charge is 0.408 e. The largest absolute Gasteiger partial charge is 0.480 e. The third-order valence-corrected chi connectivity index (χ3v) is 5.56. The molecule has 0 saturated carbocycles. The van der Waals surface area contributed by atoms with Gasteiger partial charge in [-0.2, -0.15) is 11.8 Å². The highest BCUT2D eigenvalue weighted by Crippen LogP contribution is 2.21. The van der Waals surface area contributed by atoms with Gasteiger partial charge in [-0.3, -0.25) is 9.59 Å². The van der Waals surface area contributed by atoms with E-state index in [0.29, 0.717) is 30.6 Å². The van der Waals surface area contributed by atoms with Crippen LogP contribution in [-0.2, 0) is 14.1 Å². The van der Waals surface area contributed by atoms with Crippen molar-refractivity contribution in [3.05, 3.63) is 33.8 Å². The van der Waals surface area contributed by atoms with Crippen molar-refractivity contribution in [1.82, 2.24) is 10.6 Å². The summed E-state index contributed by atoms with van der Waals surface area (Å²) in [5.74, 6) is -0.854. The van der Waals surface area contributed by atoms with Crippen molar-refractivity contribution >= 4 is 59.6 Å². The van der Waals surface area contributed by atoms with E-state index in [9.17, 15) is 9.59 Å². The molecule has 0 spiro atoms. The SMILES string of the molecule is CSC/C(=N\C(=O)c1cc(Cl)ccc1Cl)C(=O)N[C@@H](CC(C)C)B1OCCNCCO1. The summed E-state index contributed by atoms with van der Waals surface area (Å²) in [6.45, 7) is 6.52. The van der Waals surface area contributed by atoms with Crippen molar-refractivity contribution < 1.29 is 18.9 Å². The molecule has 1 aromatic carbocycles. The Morgan fingerprint density at radius 2 is 1.94 bits per heavy atom. The van der Waals surface area contributed by atoms with Gasteiger partial charge in [-0.15, -0.1) is 0 Å². The van der Waals surface area contributed by atoms with Crippen molar-refractivity contribution in [2.75, 3.05) is 38.3 Å². The fourth-order valence-corrected chi connectivity index (χ4v) is 3.87. The van der Waals surface area contributed by atoms with Crippen LogP contribution >= 0.6 is 35.0 Å². The van der Waals surface area contributed by atoms with E-state index in [4.69, 9.17) is 32.5 Å². The number of amides is 2. The lowest BCUT2D eigenvalue weighted by molar-refractivity contribution is -0.115. The Hall–Kier alpha value is -1.10. The van der Waals surface area contributed by atoms with Gasteiger partial charge >= 0.3 is 7.12 Å². The normalized spacial score (nSPS) is 16.6. The van der Waals surface area contributed by atoms with Gasteiger partial charge in [0.1, 0.15) is 5.71 Å². The number of nitrogens with one attached hydrogen (secondary N) is 2. The molecule has 2 N–H and O–H groups in total. The minimum absolute atomic E-state index is 0.106. The van der Waals surface area contributed by atoms with E-state index in [2.05, 4.69) is 29.5 Å². The summed E-state index contributed by atoms with van der Waals surface area (Å²) < 4.78 is 11.6. The second-order valence-electron chi connectivity index (χ2n) is 7.49. The van der Waals surface area contributed by atoms with Crippen LogP contribution in [0, 0.1) is 5.92 Å². The molecule has 1 heterocycles. The fraction of sp³-hybridized carbons (Fsp3) is 0.550. The number of carbonyl (C=O) groups is 2. The average Bonchev–Trinajstić information content (AvgIpc) is 2.68. The molecule has 0 aliphatic carbocycles. The zero-order valence-electron chi connectivity index (χ0n) is 18.0. The maximum absolute atomic E-state index is 13.1.